The molecule has 0 fully saturated rings. The molecular weight excluding hydrogens is 258 g/mol. The third kappa shape index (κ3) is 6.10. The van der Waals surface area contributed by atoms with Crippen LogP contribution < -0.4 is 5.32 Å². The Kier molecular flexibility index (Phi) is 7.54. The van der Waals surface area contributed by atoms with Crippen molar-refractivity contribution in [3.63, 3.8) is 0 Å². The van der Waals surface area contributed by atoms with Gasteiger partial charge in [0.05, 0.1) is 6.42 Å². The topological polar surface area (TPSA) is 110 Å². The first-order valence-corrected chi connectivity index (χ1v) is 6.49. The van der Waals surface area contributed by atoms with Gasteiger partial charge in [0.25, 0.3) is 5.91 Å². The average molecular weight is 273 g/mol. The molecule has 7 nitrogen and oxygen atoms in total. The second-order valence-electron chi connectivity index (χ2n) is 3.47. The maximum atomic E-state index is 11.7. The molecule has 1 unspecified atom stereocenters. The Balaban J connectivity index is 4.44. The normalized spacial score (nSPS) is 11.2. The number of carbonyl (C=O) groups is 3. The van der Waals surface area contributed by atoms with Crippen molar-refractivity contribution in [3.8, 4) is 6.19 Å². The third-order valence-corrected chi connectivity index (χ3v) is 2.68. The molecule has 0 aromatic rings. The molecule has 2 amide bonds. The highest BCUT2D eigenvalue weighted by atomic mass is 32.2. The van der Waals surface area contributed by atoms with Crippen LogP contribution in [0.15, 0.2) is 0 Å². The van der Waals surface area contributed by atoms with Crippen LogP contribution in [0.25, 0.3) is 0 Å². The van der Waals surface area contributed by atoms with E-state index in [0.717, 1.165) is 4.90 Å². The van der Waals surface area contributed by atoms with E-state index in [9.17, 15) is 14.4 Å². The molecule has 1 atom stereocenters. The van der Waals surface area contributed by atoms with Crippen LogP contribution in [0.3, 0.4) is 0 Å². The standard InChI is InChI=1S/C10H15N3O4S/c1-13(6-11)10(17)7(5-18-2)12-8(14)3-4-9(15)16/h7H,3-5H2,1-2H3,(H,12,14)(H,15,16). The fourth-order valence-electron chi connectivity index (χ4n) is 1.11. The summed E-state index contributed by atoms with van der Waals surface area (Å²) in [6.07, 6.45) is 2.93. The van der Waals surface area contributed by atoms with Gasteiger partial charge in [0.1, 0.15) is 6.04 Å². The van der Waals surface area contributed by atoms with Gasteiger partial charge >= 0.3 is 5.97 Å². The van der Waals surface area contributed by atoms with Gasteiger partial charge in [0, 0.05) is 19.2 Å². The van der Waals surface area contributed by atoms with Crippen LogP contribution >= 0.6 is 11.8 Å². The molecule has 0 aliphatic carbocycles. The number of nitrogens with one attached hydrogen (secondary N) is 1. The van der Waals surface area contributed by atoms with E-state index in [-0.39, 0.29) is 12.8 Å². The summed E-state index contributed by atoms with van der Waals surface area (Å²) in [6.45, 7) is 0. The van der Waals surface area contributed by atoms with Crippen molar-refractivity contribution in [2.75, 3.05) is 19.1 Å². The summed E-state index contributed by atoms with van der Waals surface area (Å²) >= 11 is 1.34. The van der Waals surface area contributed by atoms with Gasteiger partial charge in [-0.15, -0.1) is 0 Å². The van der Waals surface area contributed by atoms with Gasteiger partial charge in [0.15, 0.2) is 6.19 Å². The molecule has 0 radical (unpaired) electrons. The first kappa shape index (κ1) is 16.2. The molecule has 0 aliphatic heterocycles. The highest BCUT2D eigenvalue weighted by Crippen LogP contribution is 2.02. The summed E-state index contributed by atoms with van der Waals surface area (Å²) in [7, 11) is 1.30. The summed E-state index contributed by atoms with van der Waals surface area (Å²) < 4.78 is 0. The van der Waals surface area contributed by atoms with Crippen molar-refractivity contribution in [2.45, 2.75) is 18.9 Å². The number of amides is 2. The lowest BCUT2D eigenvalue weighted by Gasteiger charge is -2.19. The molecule has 8 heteroatoms. The molecule has 0 saturated heterocycles. The Morgan fingerprint density at radius 2 is 2.06 bits per heavy atom. The fraction of sp³-hybridized carbons (Fsp3) is 0.600. The lowest BCUT2D eigenvalue weighted by atomic mass is 10.2. The zero-order valence-electron chi connectivity index (χ0n) is 10.2. The number of nitriles is 1. The predicted molar refractivity (Wildman–Crippen MR) is 65.6 cm³/mol. The summed E-state index contributed by atoms with van der Waals surface area (Å²) in [5.74, 6) is -1.79. The van der Waals surface area contributed by atoms with Gasteiger partial charge in [-0.25, -0.2) is 0 Å². The number of aliphatic carboxylic acids is 1. The van der Waals surface area contributed by atoms with Crippen molar-refractivity contribution in [1.82, 2.24) is 10.2 Å². The van der Waals surface area contributed by atoms with Gasteiger partial charge in [0.2, 0.25) is 5.91 Å². The van der Waals surface area contributed by atoms with Gasteiger partial charge in [-0.3, -0.25) is 19.3 Å². The van der Waals surface area contributed by atoms with Crippen LogP contribution in [0.5, 0.6) is 0 Å². The number of thioether (sulfide) groups is 1. The summed E-state index contributed by atoms with van der Waals surface area (Å²) in [4.78, 5) is 34.2. The molecule has 0 aromatic heterocycles. The van der Waals surface area contributed by atoms with E-state index in [1.807, 2.05) is 0 Å². The quantitative estimate of drug-likeness (QED) is 0.484. The van der Waals surface area contributed by atoms with E-state index < -0.39 is 23.8 Å². The lowest BCUT2D eigenvalue weighted by molar-refractivity contribution is -0.139. The van der Waals surface area contributed by atoms with Crippen molar-refractivity contribution in [1.29, 1.82) is 5.26 Å². The van der Waals surface area contributed by atoms with Crippen molar-refractivity contribution >= 4 is 29.5 Å². The molecule has 2 N–H and O–H groups in total. The number of carbonyl (C=O) groups excluding carboxylic acids is 2. The van der Waals surface area contributed by atoms with Crippen molar-refractivity contribution in [3.05, 3.63) is 0 Å². The SMILES string of the molecule is CSCC(NC(=O)CCC(=O)O)C(=O)N(C)C#N. The molecule has 100 valence electrons. The molecule has 18 heavy (non-hydrogen) atoms. The zero-order chi connectivity index (χ0) is 14.1. The number of rotatable bonds is 7. The number of nitrogens with zero attached hydrogens (tertiary/aromatic N) is 2. The second kappa shape index (κ2) is 8.36. The molecule has 0 aromatic carbocycles. The third-order valence-electron chi connectivity index (χ3n) is 2.01. The fourth-order valence-corrected chi connectivity index (χ4v) is 1.67. The van der Waals surface area contributed by atoms with E-state index in [0.29, 0.717) is 5.75 Å². The Hall–Kier alpha value is -1.75. The number of likely N-dealkylation sites (N-methyl/N-ethyl adjacent to an activating group) is 1. The Morgan fingerprint density at radius 1 is 1.44 bits per heavy atom. The molecule has 0 saturated carbocycles. The van der Waals surface area contributed by atoms with Crippen LogP contribution in [0, 0.1) is 11.5 Å². The monoisotopic (exact) mass is 273 g/mol. The van der Waals surface area contributed by atoms with Crippen LogP contribution in [-0.2, 0) is 14.4 Å². The van der Waals surface area contributed by atoms with E-state index >= 15 is 0 Å². The van der Waals surface area contributed by atoms with E-state index in [4.69, 9.17) is 10.4 Å². The number of carboxylic acids is 1. The minimum atomic E-state index is -1.08. The van der Waals surface area contributed by atoms with E-state index in [1.54, 1.807) is 12.4 Å². The van der Waals surface area contributed by atoms with Crippen LogP contribution in [0.4, 0.5) is 0 Å². The number of carboxylic acid groups (broad SMARTS) is 1. The van der Waals surface area contributed by atoms with Gasteiger partial charge < -0.3 is 10.4 Å². The molecule has 0 bridgehead atoms. The Bertz CT molecular complexity index is 367. The average Bonchev–Trinajstić information content (AvgIpc) is 2.33. The molecule has 0 heterocycles. The minimum Gasteiger partial charge on any atom is -0.481 e. The number of hydrogen-bond donors (Lipinski definition) is 2. The molecule has 0 aliphatic rings. The Labute approximate surface area is 109 Å². The smallest absolute Gasteiger partial charge is 0.303 e. The van der Waals surface area contributed by atoms with Crippen LogP contribution in [0.2, 0.25) is 0 Å². The van der Waals surface area contributed by atoms with Crippen LogP contribution in [0.1, 0.15) is 12.8 Å². The first-order valence-electron chi connectivity index (χ1n) is 5.09. The molecule has 0 spiro atoms. The predicted octanol–water partition coefficient (Wildman–Crippen LogP) is -0.362. The molecule has 0 rings (SSSR count). The largest absolute Gasteiger partial charge is 0.481 e. The highest BCUT2D eigenvalue weighted by molar-refractivity contribution is 7.98. The molecular formula is C10H15N3O4S. The number of hydrogen-bond acceptors (Lipinski definition) is 5. The first-order chi connectivity index (χ1) is 8.42. The second-order valence-corrected chi connectivity index (χ2v) is 4.38. The van der Waals surface area contributed by atoms with Crippen molar-refractivity contribution in [2.24, 2.45) is 0 Å². The van der Waals surface area contributed by atoms with E-state index in [1.165, 1.54) is 18.8 Å². The maximum Gasteiger partial charge on any atom is 0.303 e. The van der Waals surface area contributed by atoms with Gasteiger partial charge in [-0.2, -0.15) is 17.0 Å². The van der Waals surface area contributed by atoms with Crippen LogP contribution in [-0.4, -0.2) is 52.9 Å². The van der Waals surface area contributed by atoms with Crippen molar-refractivity contribution < 1.29 is 19.5 Å². The lowest BCUT2D eigenvalue weighted by Crippen LogP contribution is -2.47. The van der Waals surface area contributed by atoms with Gasteiger partial charge in [-0.1, -0.05) is 0 Å². The van der Waals surface area contributed by atoms with E-state index in [2.05, 4.69) is 5.32 Å². The highest BCUT2D eigenvalue weighted by Gasteiger charge is 2.23. The summed E-state index contributed by atoms with van der Waals surface area (Å²) in [5, 5.41) is 19.4. The Morgan fingerprint density at radius 3 is 2.50 bits per heavy atom. The maximum absolute atomic E-state index is 11.7. The summed E-state index contributed by atoms with van der Waals surface area (Å²) in [5.41, 5.74) is 0. The van der Waals surface area contributed by atoms with Gasteiger partial charge in [-0.05, 0) is 6.26 Å². The summed E-state index contributed by atoms with van der Waals surface area (Å²) in [6, 6.07) is -0.814. The minimum absolute atomic E-state index is 0.191. The zero-order valence-corrected chi connectivity index (χ0v) is 11.0.